The largest absolute Gasteiger partial charge is 0.493 e. The maximum Gasteiger partial charge on any atom is 0.123 e. The van der Waals surface area contributed by atoms with Gasteiger partial charge < -0.3 is 10.1 Å². The molecule has 1 aliphatic rings. The van der Waals surface area contributed by atoms with Crippen molar-refractivity contribution in [2.24, 2.45) is 0 Å². The quantitative estimate of drug-likeness (QED) is 0.728. The molecule has 18 heavy (non-hydrogen) atoms. The molecule has 0 spiro atoms. The van der Waals surface area contributed by atoms with Crippen LogP contribution in [0.15, 0.2) is 18.2 Å². The lowest BCUT2D eigenvalue weighted by Crippen LogP contribution is -2.16. The fraction of sp³-hybridized carbons (Fsp3) is 0.600. The van der Waals surface area contributed by atoms with E-state index in [2.05, 4.69) is 36.7 Å². The lowest BCUT2D eigenvalue weighted by atomic mass is 10.1. The Balaban J connectivity index is 1.88. The standard InChI is InChI=1S/C15H23NOS/c1-12-4-7-15(17-8-3-9-18-2)13(10-12)11-16-14-5-6-14/h4,7,10,14,16H,3,5-6,8-9,11H2,1-2H3. The minimum atomic E-state index is 0.745. The molecule has 1 aromatic carbocycles. The van der Waals surface area contributed by atoms with Crippen LogP contribution in [0.3, 0.4) is 0 Å². The molecule has 2 nitrogen and oxygen atoms in total. The van der Waals surface area contributed by atoms with Gasteiger partial charge in [0.1, 0.15) is 5.75 Å². The molecule has 0 radical (unpaired) electrons. The van der Waals surface area contributed by atoms with Crippen molar-refractivity contribution < 1.29 is 4.74 Å². The zero-order chi connectivity index (χ0) is 12.8. The Morgan fingerprint density at radius 3 is 2.94 bits per heavy atom. The third-order valence-electron chi connectivity index (χ3n) is 3.12. The summed E-state index contributed by atoms with van der Waals surface area (Å²) in [6.07, 6.45) is 5.91. The van der Waals surface area contributed by atoms with Gasteiger partial charge in [0.25, 0.3) is 0 Å². The number of benzene rings is 1. The van der Waals surface area contributed by atoms with Gasteiger partial charge in [-0.2, -0.15) is 11.8 Å². The third-order valence-corrected chi connectivity index (χ3v) is 3.82. The van der Waals surface area contributed by atoms with Gasteiger partial charge in [-0.3, -0.25) is 0 Å². The average Bonchev–Trinajstić information content (AvgIpc) is 3.18. The van der Waals surface area contributed by atoms with Crippen LogP contribution in [0, 0.1) is 6.92 Å². The Labute approximate surface area is 114 Å². The molecule has 1 aliphatic carbocycles. The summed E-state index contributed by atoms with van der Waals surface area (Å²) in [4.78, 5) is 0. The highest BCUT2D eigenvalue weighted by Gasteiger charge is 2.20. The number of rotatable bonds is 8. The Morgan fingerprint density at radius 2 is 2.22 bits per heavy atom. The predicted octanol–water partition coefficient (Wildman–Crippen LogP) is 3.38. The second-order valence-corrected chi connectivity index (χ2v) is 5.95. The predicted molar refractivity (Wildman–Crippen MR) is 79.5 cm³/mol. The van der Waals surface area contributed by atoms with Crippen LogP contribution in [0.2, 0.25) is 0 Å². The first kappa shape index (κ1) is 13.8. The van der Waals surface area contributed by atoms with Gasteiger partial charge in [-0.05, 0) is 44.3 Å². The summed E-state index contributed by atoms with van der Waals surface area (Å²) in [5.41, 5.74) is 2.60. The first-order valence-corrected chi connectivity index (χ1v) is 8.13. The normalized spacial score (nSPS) is 14.8. The number of ether oxygens (including phenoxy) is 1. The molecule has 0 bridgehead atoms. The van der Waals surface area contributed by atoms with Crippen LogP contribution < -0.4 is 10.1 Å². The molecule has 0 unspecified atom stereocenters. The monoisotopic (exact) mass is 265 g/mol. The number of nitrogens with one attached hydrogen (secondary N) is 1. The maximum absolute atomic E-state index is 5.89. The van der Waals surface area contributed by atoms with E-state index in [1.165, 1.54) is 29.7 Å². The number of thioether (sulfide) groups is 1. The lowest BCUT2D eigenvalue weighted by Gasteiger charge is -2.13. The summed E-state index contributed by atoms with van der Waals surface area (Å²) < 4.78 is 5.89. The second kappa shape index (κ2) is 7.05. The summed E-state index contributed by atoms with van der Waals surface area (Å²) >= 11 is 1.87. The van der Waals surface area contributed by atoms with Gasteiger partial charge in [-0.15, -0.1) is 0 Å². The first-order chi connectivity index (χ1) is 8.79. The van der Waals surface area contributed by atoms with Crippen LogP contribution in [0.4, 0.5) is 0 Å². The van der Waals surface area contributed by atoms with Crippen LogP contribution in [0.5, 0.6) is 5.75 Å². The molecule has 3 heteroatoms. The van der Waals surface area contributed by atoms with Crippen molar-refractivity contribution in [3.63, 3.8) is 0 Å². The molecule has 0 saturated heterocycles. The molecule has 2 rings (SSSR count). The van der Waals surface area contributed by atoms with Crippen molar-refractivity contribution in [2.45, 2.75) is 38.8 Å². The van der Waals surface area contributed by atoms with Gasteiger partial charge in [0.2, 0.25) is 0 Å². The highest BCUT2D eigenvalue weighted by atomic mass is 32.2. The van der Waals surface area contributed by atoms with Crippen LogP contribution in [-0.2, 0) is 6.54 Å². The summed E-state index contributed by atoms with van der Waals surface area (Å²) in [5.74, 6) is 2.22. The highest BCUT2D eigenvalue weighted by molar-refractivity contribution is 7.98. The summed E-state index contributed by atoms with van der Waals surface area (Å²) in [6.45, 7) is 3.89. The highest BCUT2D eigenvalue weighted by Crippen LogP contribution is 2.23. The zero-order valence-electron chi connectivity index (χ0n) is 11.4. The summed E-state index contributed by atoms with van der Waals surface area (Å²) in [7, 11) is 0. The number of aryl methyl sites for hydroxylation is 1. The maximum atomic E-state index is 5.89. The number of hydrogen-bond donors (Lipinski definition) is 1. The Morgan fingerprint density at radius 1 is 1.39 bits per heavy atom. The van der Waals surface area contributed by atoms with Crippen LogP contribution in [0.1, 0.15) is 30.4 Å². The topological polar surface area (TPSA) is 21.3 Å². The molecule has 0 amide bonds. The fourth-order valence-electron chi connectivity index (χ4n) is 1.91. The van der Waals surface area contributed by atoms with E-state index in [4.69, 9.17) is 4.74 Å². The molecule has 1 aromatic rings. The van der Waals surface area contributed by atoms with E-state index >= 15 is 0 Å². The van der Waals surface area contributed by atoms with Crippen LogP contribution in [0.25, 0.3) is 0 Å². The van der Waals surface area contributed by atoms with Gasteiger partial charge >= 0.3 is 0 Å². The van der Waals surface area contributed by atoms with E-state index < -0.39 is 0 Å². The first-order valence-electron chi connectivity index (χ1n) is 6.74. The molecule has 1 saturated carbocycles. The number of hydrogen-bond acceptors (Lipinski definition) is 3. The van der Waals surface area contributed by atoms with Gasteiger partial charge in [0, 0.05) is 18.2 Å². The Hall–Kier alpha value is -0.670. The molecule has 100 valence electrons. The second-order valence-electron chi connectivity index (χ2n) is 4.96. The Bertz CT molecular complexity index is 377. The van der Waals surface area contributed by atoms with Crippen molar-refractivity contribution in [1.82, 2.24) is 5.32 Å². The van der Waals surface area contributed by atoms with Crippen molar-refractivity contribution in [3.8, 4) is 5.75 Å². The van der Waals surface area contributed by atoms with Gasteiger partial charge in [-0.25, -0.2) is 0 Å². The minimum Gasteiger partial charge on any atom is -0.493 e. The smallest absolute Gasteiger partial charge is 0.123 e. The SMILES string of the molecule is CSCCCOc1ccc(C)cc1CNC1CC1. The van der Waals surface area contributed by atoms with Crippen molar-refractivity contribution in [3.05, 3.63) is 29.3 Å². The van der Waals surface area contributed by atoms with E-state index in [0.717, 1.165) is 31.4 Å². The van der Waals surface area contributed by atoms with E-state index in [1.807, 2.05) is 11.8 Å². The molecular weight excluding hydrogens is 242 g/mol. The molecule has 0 aliphatic heterocycles. The fourth-order valence-corrected chi connectivity index (χ4v) is 2.32. The van der Waals surface area contributed by atoms with E-state index in [0.29, 0.717) is 0 Å². The minimum absolute atomic E-state index is 0.745. The zero-order valence-corrected chi connectivity index (χ0v) is 12.2. The van der Waals surface area contributed by atoms with E-state index in [1.54, 1.807) is 0 Å². The Kier molecular flexibility index (Phi) is 5.39. The average molecular weight is 265 g/mol. The molecular formula is C15H23NOS. The van der Waals surface area contributed by atoms with Crippen LogP contribution >= 0.6 is 11.8 Å². The van der Waals surface area contributed by atoms with Crippen molar-refractivity contribution >= 4 is 11.8 Å². The summed E-state index contributed by atoms with van der Waals surface area (Å²) in [5, 5.41) is 3.56. The molecule has 0 atom stereocenters. The third kappa shape index (κ3) is 4.54. The van der Waals surface area contributed by atoms with Gasteiger partial charge in [-0.1, -0.05) is 17.7 Å². The molecule has 1 fully saturated rings. The van der Waals surface area contributed by atoms with Gasteiger partial charge in [0.15, 0.2) is 0 Å². The summed E-state index contributed by atoms with van der Waals surface area (Å²) in [6, 6.07) is 7.22. The van der Waals surface area contributed by atoms with Crippen LogP contribution in [-0.4, -0.2) is 24.7 Å². The van der Waals surface area contributed by atoms with Crippen molar-refractivity contribution in [2.75, 3.05) is 18.6 Å². The molecule has 1 N–H and O–H groups in total. The molecule has 0 heterocycles. The van der Waals surface area contributed by atoms with Crippen molar-refractivity contribution in [1.29, 1.82) is 0 Å². The lowest BCUT2D eigenvalue weighted by molar-refractivity contribution is 0.314. The van der Waals surface area contributed by atoms with E-state index in [9.17, 15) is 0 Å². The van der Waals surface area contributed by atoms with Gasteiger partial charge in [0.05, 0.1) is 6.61 Å². The molecule has 0 aromatic heterocycles. The van der Waals surface area contributed by atoms with E-state index in [-0.39, 0.29) is 0 Å².